The summed E-state index contributed by atoms with van der Waals surface area (Å²) in [7, 11) is 0. The number of halogens is 1. The van der Waals surface area contributed by atoms with Gasteiger partial charge in [-0.1, -0.05) is 36.6 Å². The highest BCUT2D eigenvalue weighted by Crippen LogP contribution is 2.38. The van der Waals surface area contributed by atoms with Gasteiger partial charge in [-0.3, -0.25) is 0 Å². The molecule has 1 aromatic carbocycles. The molecule has 106 valence electrons. The van der Waals surface area contributed by atoms with Crippen LogP contribution in [0.15, 0.2) is 41.3 Å². The van der Waals surface area contributed by atoms with Gasteiger partial charge in [-0.15, -0.1) is 23.1 Å². The Morgan fingerprint density at radius 3 is 2.70 bits per heavy atom. The molecule has 0 spiro atoms. The van der Waals surface area contributed by atoms with Gasteiger partial charge >= 0.3 is 0 Å². The molecular formula is C16H18ClNS2. The molecule has 1 nitrogen and oxygen atoms in total. The van der Waals surface area contributed by atoms with Gasteiger partial charge in [0.15, 0.2) is 0 Å². The molecule has 1 fully saturated rings. The Bertz CT molecular complexity index is 561. The average Bonchev–Trinajstić information content (AvgIpc) is 3.10. The molecule has 0 amide bonds. The van der Waals surface area contributed by atoms with Gasteiger partial charge in [0, 0.05) is 27.3 Å². The van der Waals surface area contributed by atoms with Gasteiger partial charge in [-0.2, -0.15) is 0 Å². The maximum Gasteiger partial charge on any atom is 0.0931 e. The Kier molecular flexibility index (Phi) is 4.92. The van der Waals surface area contributed by atoms with Gasteiger partial charge in [-0.05, 0) is 37.1 Å². The molecule has 1 aromatic heterocycles. The standard InChI is InChI=1S/C16H18ClNS2/c17-16-10-9-13(20-16)11-18-14-7-3-4-8-15(14)19-12-5-1-2-6-12/h3-4,7-10,12,18H,1-2,5-6,11H2. The van der Waals surface area contributed by atoms with Crippen molar-refractivity contribution >= 4 is 40.4 Å². The second-order valence-corrected chi connectivity index (χ2v) is 8.22. The van der Waals surface area contributed by atoms with Crippen LogP contribution < -0.4 is 5.32 Å². The van der Waals surface area contributed by atoms with Gasteiger partial charge in [0.1, 0.15) is 0 Å². The van der Waals surface area contributed by atoms with Crippen molar-refractivity contribution in [2.75, 3.05) is 5.32 Å². The smallest absolute Gasteiger partial charge is 0.0931 e. The van der Waals surface area contributed by atoms with E-state index in [1.54, 1.807) is 11.3 Å². The quantitative estimate of drug-likeness (QED) is 0.719. The third-order valence-electron chi connectivity index (χ3n) is 3.56. The fraction of sp³-hybridized carbons (Fsp3) is 0.375. The van der Waals surface area contributed by atoms with Crippen LogP contribution >= 0.6 is 34.7 Å². The van der Waals surface area contributed by atoms with E-state index in [-0.39, 0.29) is 0 Å². The normalized spacial score (nSPS) is 15.7. The maximum absolute atomic E-state index is 5.97. The zero-order chi connectivity index (χ0) is 13.8. The minimum atomic E-state index is 0.800. The fourth-order valence-electron chi connectivity index (χ4n) is 2.53. The summed E-state index contributed by atoms with van der Waals surface area (Å²) in [6.07, 6.45) is 5.50. The Morgan fingerprint density at radius 2 is 1.95 bits per heavy atom. The Morgan fingerprint density at radius 1 is 1.15 bits per heavy atom. The number of para-hydroxylation sites is 1. The molecule has 1 saturated carbocycles. The molecule has 0 atom stereocenters. The summed E-state index contributed by atoms with van der Waals surface area (Å²) in [4.78, 5) is 2.65. The number of thioether (sulfide) groups is 1. The summed E-state index contributed by atoms with van der Waals surface area (Å²) in [6, 6.07) is 12.7. The zero-order valence-corrected chi connectivity index (χ0v) is 13.7. The van der Waals surface area contributed by atoms with Crippen LogP contribution in [0, 0.1) is 0 Å². The largest absolute Gasteiger partial charge is 0.379 e. The molecule has 0 saturated heterocycles. The monoisotopic (exact) mass is 323 g/mol. The van der Waals surface area contributed by atoms with Crippen LogP contribution in [0.5, 0.6) is 0 Å². The van der Waals surface area contributed by atoms with E-state index in [0.29, 0.717) is 0 Å². The van der Waals surface area contributed by atoms with Gasteiger partial charge in [-0.25, -0.2) is 0 Å². The van der Waals surface area contributed by atoms with Crippen LogP contribution in [0.3, 0.4) is 0 Å². The van der Waals surface area contributed by atoms with Crippen molar-refractivity contribution in [1.82, 2.24) is 0 Å². The molecule has 4 heteroatoms. The highest BCUT2D eigenvalue weighted by Gasteiger charge is 2.17. The van der Waals surface area contributed by atoms with E-state index in [9.17, 15) is 0 Å². The molecule has 1 heterocycles. The molecule has 2 aromatic rings. The van der Waals surface area contributed by atoms with Crippen molar-refractivity contribution in [3.05, 3.63) is 45.6 Å². The molecule has 20 heavy (non-hydrogen) atoms. The summed E-state index contributed by atoms with van der Waals surface area (Å²) >= 11 is 9.65. The Hall–Kier alpha value is -0.640. The van der Waals surface area contributed by atoms with Crippen LogP contribution in [-0.2, 0) is 6.54 Å². The first-order valence-corrected chi connectivity index (χ1v) is 9.12. The molecule has 0 unspecified atom stereocenters. The lowest BCUT2D eigenvalue weighted by atomic mass is 10.3. The lowest BCUT2D eigenvalue weighted by Gasteiger charge is -2.14. The minimum Gasteiger partial charge on any atom is -0.379 e. The second kappa shape index (κ2) is 6.88. The predicted molar refractivity (Wildman–Crippen MR) is 91.2 cm³/mol. The second-order valence-electron chi connectivity index (χ2n) is 5.08. The van der Waals surface area contributed by atoms with Crippen LogP contribution in [0.2, 0.25) is 4.34 Å². The summed E-state index contributed by atoms with van der Waals surface area (Å²) < 4.78 is 0.857. The van der Waals surface area contributed by atoms with Crippen molar-refractivity contribution < 1.29 is 0 Å². The number of benzene rings is 1. The molecule has 1 aliphatic rings. The van der Waals surface area contributed by atoms with Gasteiger partial charge < -0.3 is 5.32 Å². The summed E-state index contributed by atoms with van der Waals surface area (Å²) in [5.41, 5.74) is 1.24. The number of nitrogens with one attached hydrogen (secondary N) is 1. The number of rotatable bonds is 5. The fourth-order valence-corrected chi connectivity index (χ4v) is 4.91. The lowest BCUT2D eigenvalue weighted by Crippen LogP contribution is -2.00. The third kappa shape index (κ3) is 3.72. The first-order valence-electron chi connectivity index (χ1n) is 7.05. The van der Waals surface area contributed by atoms with Gasteiger partial charge in [0.2, 0.25) is 0 Å². The molecular weight excluding hydrogens is 306 g/mol. The first kappa shape index (κ1) is 14.3. The van der Waals surface area contributed by atoms with E-state index in [4.69, 9.17) is 11.6 Å². The molecule has 0 radical (unpaired) electrons. The topological polar surface area (TPSA) is 12.0 Å². The lowest BCUT2D eigenvalue weighted by molar-refractivity contribution is 0.886. The van der Waals surface area contributed by atoms with E-state index in [0.717, 1.165) is 16.1 Å². The molecule has 0 aliphatic heterocycles. The highest BCUT2D eigenvalue weighted by atomic mass is 35.5. The minimum absolute atomic E-state index is 0.800. The number of hydrogen-bond donors (Lipinski definition) is 1. The van der Waals surface area contributed by atoms with Crippen molar-refractivity contribution in [3.63, 3.8) is 0 Å². The summed E-state index contributed by atoms with van der Waals surface area (Å²) in [5.74, 6) is 0. The van der Waals surface area contributed by atoms with Crippen LogP contribution in [0.25, 0.3) is 0 Å². The summed E-state index contributed by atoms with van der Waals surface area (Å²) in [6.45, 7) is 0.847. The van der Waals surface area contributed by atoms with Crippen molar-refractivity contribution in [3.8, 4) is 0 Å². The zero-order valence-electron chi connectivity index (χ0n) is 11.3. The third-order valence-corrected chi connectivity index (χ3v) is 6.21. The van der Waals surface area contributed by atoms with E-state index >= 15 is 0 Å². The maximum atomic E-state index is 5.97. The summed E-state index contributed by atoms with van der Waals surface area (Å²) in [5, 5.41) is 4.35. The average molecular weight is 324 g/mol. The predicted octanol–water partition coefficient (Wildman–Crippen LogP) is 6.05. The Balaban J connectivity index is 1.65. The van der Waals surface area contributed by atoms with Gasteiger partial charge in [0.25, 0.3) is 0 Å². The molecule has 1 N–H and O–H groups in total. The van der Waals surface area contributed by atoms with E-state index < -0.39 is 0 Å². The van der Waals surface area contributed by atoms with E-state index in [1.165, 1.54) is 41.1 Å². The van der Waals surface area contributed by atoms with Crippen molar-refractivity contribution in [2.45, 2.75) is 42.4 Å². The van der Waals surface area contributed by atoms with Crippen LogP contribution in [0.1, 0.15) is 30.6 Å². The van der Waals surface area contributed by atoms with Crippen molar-refractivity contribution in [2.24, 2.45) is 0 Å². The first-order chi connectivity index (χ1) is 9.81. The highest BCUT2D eigenvalue weighted by molar-refractivity contribution is 8.00. The SMILES string of the molecule is Clc1ccc(CNc2ccccc2SC2CCCC2)s1. The molecule has 3 rings (SSSR count). The van der Waals surface area contributed by atoms with Crippen LogP contribution in [0.4, 0.5) is 5.69 Å². The number of anilines is 1. The van der Waals surface area contributed by atoms with Crippen molar-refractivity contribution in [1.29, 1.82) is 0 Å². The van der Waals surface area contributed by atoms with E-state index in [2.05, 4.69) is 35.6 Å². The molecule has 1 aliphatic carbocycles. The molecule has 0 bridgehead atoms. The number of thiophene rings is 1. The Labute approximate surface area is 133 Å². The van der Waals surface area contributed by atoms with Crippen LogP contribution in [-0.4, -0.2) is 5.25 Å². The van der Waals surface area contributed by atoms with E-state index in [1.807, 2.05) is 17.8 Å². The number of hydrogen-bond acceptors (Lipinski definition) is 3. The van der Waals surface area contributed by atoms with Gasteiger partial charge in [0.05, 0.1) is 4.34 Å².